The minimum absolute atomic E-state index is 0.0630. The first-order valence-electron chi connectivity index (χ1n) is 19.2. The van der Waals surface area contributed by atoms with Crippen molar-refractivity contribution in [3.8, 4) is 39.5 Å². The average Bonchev–Trinajstić information content (AvgIpc) is 3.85. The number of furan rings is 1. The first kappa shape index (κ1) is 30.7. The summed E-state index contributed by atoms with van der Waals surface area (Å²) in [7, 11) is 0. The third-order valence-corrected chi connectivity index (χ3v) is 12.2. The number of benzene rings is 7. The predicted octanol–water partition coefficient (Wildman–Crippen LogP) is 13.2. The summed E-state index contributed by atoms with van der Waals surface area (Å²) in [6.45, 7) is 4.70. The van der Waals surface area contributed by atoms with Crippen molar-refractivity contribution in [1.29, 1.82) is 0 Å². The number of rotatable bonds is 3. The number of fused-ring (bicyclic) bond motifs is 12. The highest BCUT2D eigenvalue weighted by Gasteiger charge is 2.36. The summed E-state index contributed by atoms with van der Waals surface area (Å²) < 4.78 is 8.93. The number of hydrogen-bond donors (Lipinski definition) is 0. The first-order valence-corrected chi connectivity index (χ1v) is 19.2. The van der Waals surface area contributed by atoms with Crippen LogP contribution in [0, 0.1) is 0 Å². The average molecular weight is 706 g/mol. The largest absolute Gasteiger partial charge is 0.452 e. The number of nitrogens with zero attached hydrogens (tertiary/aromatic N) is 3. The lowest BCUT2D eigenvalue weighted by molar-refractivity contribution is 0.661. The third-order valence-electron chi connectivity index (χ3n) is 12.2. The number of para-hydroxylation sites is 2. The molecule has 0 unspecified atom stereocenters. The van der Waals surface area contributed by atoms with Crippen LogP contribution in [0.4, 0.5) is 0 Å². The monoisotopic (exact) mass is 705 g/mol. The quantitative estimate of drug-likeness (QED) is 0.184. The van der Waals surface area contributed by atoms with Crippen molar-refractivity contribution in [2.45, 2.75) is 32.1 Å². The standard InChI is InChI=1S/C51H35N3O/c1-51(2)41-19-8-5-17-37(41)46-39-29-44-40(28-32(39)24-25-42(46)51)36-16-6-9-20-43(36)54(44)35-15-11-14-34(27-35)50-52-47(33-23-22-30-12-3-4-13-31(30)26-33)49-48(53-50)38-18-7-10-21-45(38)55-49/h3,5-12,14-29H,4,13H2,1-2H3. The van der Waals surface area contributed by atoms with Gasteiger partial charge in [0.1, 0.15) is 16.8 Å². The molecule has 4 heteroatoms. The van der Waals surface area contributed by atoms with Gasteiger partial charge < -0.3 is 8.98 Å². The Bertz CT molecular complexity index is 3300. The van der Waals surface area contributed by atoms with Gasteiger partial charge in [-0.1, -0.05) is 117 Å². The van der Waals surface area contributed by atoms with E-state index in [-0.39, 0.29) is 5.41 Å². The van der Waals surface area contributed by atoms with Crippen molar-refractivity contribution in [2.75, 3.05) is 0 Å². The van der Waals surface area contributed by atoms with Gasteiger partial charge in [0.25, 0.3) is 0 Å². The Hall–Kier alpha value is -6.78. The van der Waals surface area contributed by atoms with Gasteiger partial charge >= 0.3 is 0 Å². The minimum Gasteiger partial charge on any atom is -0.452 e. The van der Waals surface area contributed by atoms with E-state index in [1.54, 1.807) is 0 Å². The summed E-state index contributed by atoms with van der Waals surface area (Å²) in [6.07, 6.45) is 6.54. The summed E-state index contributed by atoms with van der Waals surface area (Å²) in [4.78, 5) is 10.6. The van der Waals surface area contributed by atoms with Crippen molar-refractivity contribution in [2.24, 2.45) is 0 Å². The highest BCUT2D eigenvalue weighted by atomic mass is 16.3. The Balaban J connectivity index is 1.09. The summed E-state index contributed by atoms with van der Waals surface area (Å²) >= 11 is 0. The van der Waals surface area contributed by atoms with Gasteiger partial charge in [0.2, 0.25) is 0 Å². The van der Waals surface area contributed by atoms with Gasteiger partial charge in [0, 0.05) is 38.4 Å². The lowest BCUT2D eigenvalue weighted by Crippen LogP contribution is -2.14. The second-order valence-electron chi connectivity index (χ2n) is 15.7. The molecule has 3 aromatic heterocycles. The lowest BCUT2D eigenvalue weighted by Gasteiger charge is -2.21. The van der Waals surface area contributed by atoms with Crippen LogP contribution in [0.1, 0.15) is 42.5 Å². The molecule has 0 saturated carbocycles. The van der Waals surface area contributed by atoms with Gasteiger partial charge in [-0.25, -0.2) is 9.97 Å². The Morgan fingerprint density at radius 3 is 2.44 bits per heavy atom. The zero-order valence-corrected chi connectivity index (χ0v) is 30.6. The fourth-order valence-electron chi connectivity index (χ4n) is 9.55. The normalized spacial score (nSPS) is 14.3. The molecule has 12 rings (SSSR count). The molecule has 260 valence electrons. The fraction of sp³-hybridized carbons (Fsp3) is 0.0980. The molecule has 0 atom stereocenters. The molecule has 0 spiro atoms. The molecule has 0 amide bonds. The second kappa shape index (κ2) is 11.1. The molecule has 0 fully saturated rings. The highest BCUT2D eigenvalue weighted by Crippen LogP contribution is 2.52. The van der Waals surface area contributed by atoms with Crippen LogP contribution < -0.4 is 0 Å². The molecule has 0 saturated heterocycles. The van der Waals surface area contributed by atoms with Crippen molar-refractivity contribution < 1.29 is 4.42 Å². The van der Waals surface area contributed by atoms with Crippen LogP contribution in [0.2, 0.25) is 0 Å². The van der Waals surface area contributed by atoms with E-state index >= 15 is 0 Å². The maximum Gasteiger partial charge on any atom is 0.180 e. The van der Waals surface area contributed by atoms with E-state index in [4.69, 9.17) is 14.4 Å². The van der Waals surface area contributed by atoms with Gasteiger partial charge in [-0.3, -0.25) is 0 Å². The van der Waals surface area contributed by atoms with E-state index in [0.717, 1.165) is 57.4 Å². The Kier molecular flexibility index (Phi) is 6.20. The van der Waals surface area contributed by atoms with Crippen molar-refractivity contribution in [3.05, 3.63) is 168 Å². The van der Waals surface area contributed by atoms with Crippen molar-refractivity contribution in [1.82, 2.24) is 14.5 Å². The predicted molar refractivity (Wildman–Crippen MR) is 227 cm³/mol. The van der Waals surface area contributed by atoms with Crippen LogP contribution in [-0.2, 0) is 11.8 Å². The van der Waals surface area contributed by atoms with Crippen LogP contribution in [0.25, 0.3) is 100 Å². The van der Waals surface area contributed by atoms with E-state index in [1.165, 1.54) is 66.0 Å². The molecule has 4 nitrogen and oxygen atoms in total. The number of allylic oxidation sites excluding steroid dienone is 1. The van der Waals surface area contributed by atoms with E-state index in [9.17, 15) is 0 Å². The zero-order chi connectivity index (χ0) is 36.4. The molecule has 0 radical (unpaired) electrons. The highest BCUT2D eigenvalue weighted by molar-refractivity contribution is 6.16. The summed E-state index contributed by atoms with van der Waals surface area (Å²) in [5, 5.41) is 6.01. The number of aryl methyl sites for hydroxylation is 1. The number of aromatic nitrogens is 3. The van der Waals surface area contributed by atoms with Crippen LogP contribution >= 0.6 is 0 Å². The Morgan fingerprint density at radius 2 is 1.49 bits per heavy atom. The second-order valence-corrected chi connectivity index (χ2v) is 15.7. The molecule has 0 N–H and O–H groups in total. The maximum atomic E-state index is 6.51. The fourth-order valence-corrected chi connectivity index (χ4v) is 9.55. The minimum atomic E-state index is -0.0630. The Morgan fingerprint density at radius 1 is 0.636 bits per heavy atom. The van der Waals surface area contributed by atoms with Crippen LogP contribution in [-0.4, -0.2) is 14.5 Å². The van der Waals surface area contributed by atoms with Crippen LogP contribution in [0.5, 0.6) is 0 Å². The molecule has 2 aliphatic carbocycles. The van der Waals surface area contributed by atoms with Crippen molar-refractivity contribution >= 4 is 60.7 Å². The third kappa shape index (κ3) is 4.34. The maximum absolute atomic E-state index is 6.51. The molecule has 0 bridgehead atoms. The molecule has 10 aromatic rings. The van der Waals surface area contributed by atoms with E-state index < -0.39 is 0 Å². The summed E-state index contributed by atoms with van der Waals surface area (Å²) in [5.41, 5.74) is 16.6. The smallest absolute Gasteiger partial charge is 0.180 e. The topological polar surface area (TPSA) is 43.9 Å². The molecule has 3 heterocycles. The van der Waals surface area contributed by atoms with Crippen molar-refractivity contribution in [3.63, 3.8) is 0 Å². The molecule has 55 heavy (non-hydrogen) atoms. The number of hydrogen-bond acceptors (Lipinski definition) is 3. The van der Waals surface area contributed by atoms with Crippen LogP contribution in [0.15, 0.2) is 150 Å². The van der Waals surface area contributed by atoms with Gasteiger partial charge in [-0.15, -0.1) is 0 Å². The molecule has 0 aliphatic heterocycles. The molecule has 2 aliphatic rings. The summed E-state index contributed by atoms with van der Waals surface area (Å²) in [5.74, 6) is 0.677. The SMILES string of the molecule is CC1(C)c2ccccc2-c2c1ccc1cc3c4ccccc4n(-c4cccc(-c5nc(-c6ccc7c(c6)CCC=C7)c6oc7ccccc7c6n5)c4)c3cc21. The van der Waals surface area contributed by atoms with Gasteiger partial charge in [0.05, 0.1) is 11.0 Å². The van der Waals surface area contributed by atoms with E-state index in [0.29, 0.717) is 5.82 Å². The lowest BCUT2D eigenvalue weighted by atomic mass is 9.82. The Labute approximate surface area is 318 Å². The molecular formula is C51H35N3O. The van der Waals surface area contributed by atoms with Gasteiger partial charge in [0.15, 0.2) is 11.4 Å². The van der Waals surface area contributed by atoms with Crippen LogP contribution in [0.3, 0.4) is 0 Å². The molecular weight excluding hydrogens is 671 g/mol. The zero-order valence-electron chi connectivity index (χ0n) is 30.6. The van der Waals surface area contributed by atoms with Gasteiger partial charge in [-0.05, 0) is 106 Å². The first-order chi connectivity index (χ1) is 27.0. The summed E-state index contributed by atoms with van der Waals surface area (Å²) in [6, 6.07) is 50.7. The van der Waals surface area contributed by atoms with Gasteiger partial charge in [-0.2, -0.15) is 0 Å². The molecule has 7 aromatic carbocycles. The van der Waals surface area contributed by atoms with E-state index in [1.807, 2.05) is 18.2 Å². The van der Waals surface area contributed by atoms with E-state index in [2.05, 4.69) is 152 Å².